The molecule has 0 radical (unpaired) electrons. The Labute approximate surface area is 81.1 Å². The van der Waals surface area contributed by atoms with Crippen LogP contribution in [0.1, 0.15) is 51.9 Å². The second kappa shape index (κ2) is 9.34. The van der Waals surface area contributed by atoms with Gasteiger partial charge in [-0.15, -0.1) is 11.6 Å². The van der Waals surface area contributed by atoms with Crippen LogP contribution in [0, 0.1) is 0 Å². The van der Waals surface area contributed by atoms with E-state index in [4.69, 9.17) is 16.7 Å². The largest absolute Gasteiger partial charge is 0.396 e. The summed E-state index contributed by atoms with van der Waals surface area (Å²) in [4.78, 5) is 0. The Morgan fingerprint density at radius 2 is 1.75 bits per heavy atom. The lowest BCUT2D eigenvalue weighted by atomic mass is 10.1. The van der Waals surface area contributed by atoms with Gasteiger partial charge in [0, 0.05) is 12.0 Å². The Balaban J connectivity index is 3.02. The molecule has 0 spiro atoms. The maximum absolute atomic E-state index is 8.57. The normalized spacial score (nSPS) is 13.2. The van der Waals surface area contributed by atoms with Gasteiger partial charge < -0.3 is 5.11 Å². The minimum absolute atomic E-state index is 0.276. The molecule has 0 amide bonds. The molecule has 0 aromatic rings. The number of alkyl halides is 1. The van der Waals surface area contributed by atoms with Crippen LogP contribution in [0.3, 0.4) is 0 Å². The third-order valence-corrected chi connectivity index (χ3v) is 2.48. The molecule has 0 fully saturated rings. The summed E-state index contributed by atoms with van der Waals surface area (Å²) in [5, 5.41) is 8.85. The second-order valence-corrected chi connectivity index (χ2v) is 3.93. The van der Waals surface area contributed by atoms with E-state index in [2.05, 4.69) is 6.92 Å². The zero-order chi connectivity index (χ0) is 9.23. The van der Waals surface area contributed by atoms with Crippen molar-refractivity contribution in [2.75, 3.05) is 6.61 Å². The molecule has 0 aliphatic carbocycles. The van der Waals surface area contributed by atoms with Gasteiger partial charge in [0.15, 0.2) is 0 Å². The first-order valence-electron chi connectivity index (χ1n) is 5.06. The number of hydrogen-bond donors (Lipinski definition) is 1. The molecule has 0 rings (SSSR count). The molecule has 12 heavy (non-hydrogen) atoms. The summed E-state index contributed by atoms with van der Waals surface area (Å²) in [6.07, 6.45) is 8.08. The predicted molar refractivity (Wildman–Crippen MR) is 54.7 cm³/mol. The average Bonchev–Trinajstić information content (AvgIpc) is 2.09. The fourth-order valence-corrected chi connectivity index (χ4v) is 1.56. The highest BCUT2D eigenvalue weighted by atomic mass is 35.5. The molecule has 0 saturated heterocycles. The van der Waals surface area contributed by atoms with Gasteiger partial charge >= 0.3 is 0 Å². The lowest BCUT2D eigenvalue weighted by Gasteiger charge is -2.07. The minimum atomic E-state index is 0.276. The van der Waals surface area contributed by atoms with Crippen molar-refractivity contribution in [3.63, 3.8) is 0 Å². The number of aliphatic hydroxyl groups is 1. The lowest BCUT2D eigenvalue weighted by Crippen LogP contribution is -1.99. The van der Waals surface area contributed by atoms with Crippen LogP contribution < -0.4 is 0 Å². The van der Waals surface area contributed by atoms with Crippen LogP contribution in [0.5, 0.6) is 0 Å². The van der Waals surface area contributed by atoms with Gasteiger partial charge in [0.2, 0.25) is 0 Å². The third kappa shape index (κ3) is 8.35. The standard InChI is InChI=1S/C10H21ClO/c1-2-3-4-5-7-10(11)8-6-9-12/h10,12H,2-9H2,1H3. The van der Waals surface area contributed by atoms with Crippen LogP contribution in [0.2, 0.25) is 0 Å². The Morgan fingerprint density at radius 1 is 1.08 bits per heavy atom. The zero-order valence-corrected chi connectivity index (χ0v) is 8.82. The minimum Gasteiger partial charge on any atom is -0.396 e. The van der Waals surface area contributed by atoms with Gasteiger partial charge in [-0.1, -0.05) is 32.6 Å². The molecule has 0 heterocycles. The van der Waals surface area contributed by atoms with Crippen molar-refractivity contribution in [1.29, 1.82) is 0 Å². The molecule has 1 atom stereocenters. The summed E-state index contributed by atoms with van der Waals surface area (Å²) in [6, 6.07) is 0. The highest BCUT2D eigenvalue weighted by Gasteiger charge is 2.02. The van der Waals surface area contributed by atoms with E-state index in [0.717, 1.165) is 19.3 Å². The molecule has 0 aliphatic rings. The van der Waals surface area contributed by atoms with Gasteiger partial charge in [-0.3, -0.25) is 0 Å². The van der Waals surface area contributed by atoms with Gasteiger partial charge in [-0.05, 0) is 19.3 Å². The Bertz CT molecular complexity index is 85.9. The van der Waals surface area contributed by atoms with Crippen molar-refractivity contribution in [3.05, 3.63) is 0 Å². The Kier molecular flexibility index (Phi) is 9.53. The first-order valence-corrected chi connectivity index (χ1v) is 5.49. The van der Waals surface area contributed by atoms with Crippen molar-refractivity contribution < 1.29 is 5.11 Å². The summed E-state index contributed by atoms with van der Waals surface area (Å²) in [6.45, 7) is 2.49. The molecule has 0 aromatic carbocycles. The molecular formula is C10H21ClO. The molecule has 2 heteroatoms. The van der Waals surface area contributed by atoms with Crippen LogP contribution in [0.25, 0.3) is 0 Å². The van der Waals surface area contributed by atoms with E-state index in [1.807, 2.05) is 0 Å². The van der Waals surface area contributed by atoms with Gasteiger partial charge in [-0.2, -0.15) is 0 Å². The van der Waals surface area contributed by atoms with E-state index in [1.54, 1.807) is 0 Å². The first-order chi connectivity index (χ1) is 5.81. The van der Waals surface area contributed by atoms with Gasteiger partial charge in [0.25, 0.3) is 0 Å². The van der Waals surface area contributed by atoms with Crippen LogP contribution in [-0.2, 0) is 0 Å². The Morgan fingerprint density at radius 3 is 2.33 bits per heavy atom. The van der Waals surface area contributed by atoms with Crippen molar-refractivity contribution in [2.45, 2.75) is 57.2 Å². The first kappa shape index (κ1) is 12.2. The maximum Gasteiger partial charge on any atom is 0.0431 e. The number of halogens is 1. The molecular weight excluding hydrogens is 172 g/mol. The molecule has 1 unspecified atom stereocenters. The summed E-state index contributed by atoms with van der Waals surface area (Å²) in [5.74, 6) is 0. The predicted octanol–water partition coefficient (Wildman–Crippen LogP) is 3.34. The van der Waals surface area contributed by atoms with Gasteiger partial charge in [-0.25, -0.2) is 0 Å². The lowest BCUT2D eigenvalue weighted by molar-refractivity contribution is 0.283. The topological polar surface area (TPSA) is 20.2 Å². The van der Waals surface area contributed by atoms with Crippen molar-refractivity contribution in [2.24, 2.45) is 0 Å². The monoisotopic (exact) mass is 192 g/mol. The van der Waals surface area contributed by atoms with Crippen molar-refractivity contribution in [3.8, 4) is 0 Å². The third-order valence-electron chi connectivity index (χ3n) is 2.05. The highest BCUT2D eigenvalue weighted by Crippen LogP contribution is 2.14. The highest BCUT2D eigenvalue weighted by molar-refractivity contribution is 6.20. The zero-order valence-electron chi connectivity index (χ0n) is 8.06. The van der Waals surface area contributed by atoms with E-state index >= 15 is 0 Å². The molecule has 0 saturated carbocycles. The van der Waals surface area contributed by atoms with E-state index in [0.29, 0.717) is 0 Å². The number of hydrogen-bond acceptors (Lipinski definition) is 1. The van der Waals surface area contributed by atoms with Crippen LogP contribution in [0.4, 0.5) is 0 Å². The summed E-state index contributed by atoms with van der Waals surface area (Å²) >= 11 is 6.03. The van der Waals surface area contributed by atoms with Crippen LogP contribution >= 0.6 is 11.6 Å². The van der Waals surface area contributed by atoms with Crippen LogP contribution in [0.15, 0.2) is 0 Å². The van der Waals surface area contributed by atoms with E-state index < -0.39 is 0 Å². The maximum atomic E-state index is 8.57. The molecule has 0 bridgehead atoms. The van der Waals surface area contributed by atoms with E-state index in [-0.39, 0.29) is 12.0 Å². The van der Waals surface area contributed by atoms with E-state index in [1.165, 1.54) is 25.7 Å². The van der Waals surface area contributed by atoms with Crippen LogP contribution in [-0.4, -0.2) is 17.1 Å². The number of unbranched alkanes of at least 4 members (excludes halogenated alkanes) is 3. The summed E-state index contributed by atoms with van der Waals surface area (Å²) < 4.78 is 0. The fourth-order valence-electron chi connectivity index (χ4n) is 1.25. The van der Waals surface area contributed by atoms with E-state index in [9.17, 15) is 0 Å². The number of rotatable bonds is 8. The Hall–Kier alpha value is 0.250. The second-order valence-electron chi connectivity index (χ2n) is 3.31. The molecule has 1 nitrogen and oxygen atoms in total. The van der Waals surface area contributed by atoms with Gasteiger partial charge in [0.05, 0.1) is 0 Å². The molecule has 0 aromatic heterocycles. The number of aliphatic hydroxyl groups excluding tert-OH is 1. The quantitative estimate of drug-likeness (QED) is 0.462. The molecule has 0 aliphatic heterocycles. The average molecular weight is 193 g/mol. The summed E-state index contributed by atoms with van der Waals surface area (Å²) in [5.41, 5.74) is 0. The van der Waals surface area contributed by atoms with Crippen molar-refractivity contribution >= 4 is 11.6 Å². The fraction of sp³-hybridized carbons (Fsp3) is 1.00. The SMILES string of the molecule is CCCCCCC(Cl)CCCO. The molecule has 74 valence electrons. The van der Waals surface area contributed by atoms with Gasteiger partial charge in [0.1, 0.15) is 0 Å². The molecule has 1 N–H and O–H groups in total. The van der Waals surface area contributed by atoms with Crippen molar-refractivity contribution in [1.82, 2.24) is 0 Å². The summed E-state index contributed by atoms with van der Waals surface area (Å²) in [7, 11) is 0. The smallest absolute Gasteiger partial charge is 0.0431 e.